The summed E-state index contributed by atoms with van der Waals surface area (Å²) in [6.45, 7) is 8.79. The third kappa shape index (κ3) is 11.8. The lowest BCUT2D eigenvalue weighted by Crippen LogP contribution is -2.23. The van der Waals surface area contributed by atoms with Crippen molar-refractivity contribution in [2.75, 3.05) is 46.6 Å². The zero-order valence-electron chi connectivity index (χ0n) is 11.9. The summed E-state index contributed by atoms with van der Waals surface area (Å²) >= 11 is 0. The van der Waals surface area contributed by atoms with Crippen LogP contribution in [0.5, 0.6) is 0 Å². The summed E-state index contributed by atoms with van der Waals surface area (Å²) in [4.78, 5) is 10.1. The fourth-order valence-electron chi connectivity index (χ4n) is 1.55. The van der Waals surface area contributed by atoms with Crippen LogP contribution in [0.1, 0.15) is 20.3 Å². The summed E-state index contributed by atoms with van der Waals surface area (Å²) in [5, 5.41) is 5.76. The molecular weight excluding hydrogens is 232 g/mol. The molecule has 0 heterocycles. The van der Waals surface area contributed by atoms with E-state index >= 15 is 0 Å². The van der Waals surface area contributed by atoms with Gasteiger partial charge in [-0.05, 0) is 31.8 Å². The van der Waals surface area contributed by atoms with Crippen LogP contribution >= 0.6 is 0 Å². The molecule has 18 heavy (non-hydrogen) atoms. The molecule has 0 aliphatic heterocycles. The van der Waals surface area contributed by atoms with Crippen LogP contribution < -0.4 is 10.6 Å². The van der Waals surface area contributed by atoms with E-state index in [0.717, 1.165) is 32.6 Å². The van der Waals surface area contributed by atoms with E-state index in [4.69, 9.17) is 9.47 Å². The molecule has 0 aliphatic rings. The van der Waals surface area contributed by atoms with Gasteiger partial charge in [-0.3, -0.25) is 4.79 Å². The first-order chi connectivity index (χ1) is 8.70. The predicted octanol–water partition coefficient (Wildman–Crippen LogP) is 0.647. The number of nitrogens with one attached hydrogen (secondary N) is 2. The first-order valence-corrected chi connectivity index (χ1v) is 6.67. The molecule has 0 aromatic rings. The maximum atomic E-state index is 10.1. The van der Waals surface area contributed by atoms with Gasteiger partial charge in [0.2, 0.25) is 6.41 Å². The van der Waals surface area contributed by atoms with Crippen LogP contribution in [0.25, 0.3) is 0 Å². The van der Waals surface area contributed by atoms with Crippen molar-refractivity contribution in [2.24, 2.45) is 11.8 Å². The smallest absolute Gasteiger partial charge is 0.207 e. The zero-order valence-corrected chi connectivity index (χ0v) is 11.9. The Hall–Kier alpha value is -0.650. The summed E-state index contributed by atoms with van der Waals surface area (Å²) in [6, 6.07) is 0. The van der Waals surface area contributed by atoms with Crippen LogP contribution in [0.4, 0.5) is 0 Å². The highest BCUT2D eigenvalue weighted by Crippen LogP contribution is 1.97. The molecule has 0 aliphatic carbocycles. The van der Waals surface area contributed by atoms with Crippen molar-refractivity contribution in [2.45, 2.75) is 20.3 Å². The molecule has 0 fully saturated rings. The van der Waals surface area contributed by atoms with Gasteiger partial charge in [-0.15, -0.1) is 0 Å². The minimum absolute atomic E-state index is 0.353. The second kappa shape index (κ2) is 12.8. The summed E-state index contributed by atoms with van der Waals surface area (Å²) < 4.78 is 11.0. The molecule has 0 saturated heterocycles. The van der Waals surface area contributed by atoms with Gasteiger partial charge in [-0.25, -0.2) is 0 Å². The quantitative estimate of drug-likeness (QED) is 0.377. The van der Waals surface area contributed by atoms with Crippen LogP contribution in [-0.4, -0.2) is 53.0 Å². The minimum Gasteiger partial charge on any atom is -0.381 e. The van der Waals surface area contributed by atoms with E-state index in [9.17, 15) is 4.79 Å². The van der Waals surface area contributed by atoms with Gasteiger partial charge in [-0.1, -0.05) is 13.8 Å². The number of rotatable bonds is 13. The fraction of sp³-hybridized carbons (Fsp3) is 0.923. The van der Waals surface area contributed by atoms with Gasteiger partial charge >= 0.3 is 0 Å². The van der Waals surface area contributed by atoms with Crippen molar-refractivity contribution in [3.63, 3.8) is 0 Å². The van der Waals surface area contributed by atoms with E-state index in [1.165, 1.54) is 0 Å². The first kappa shape index (κ1) is 17.4. The van der Waals surface area contributed by atoms with Gasteiger partial charge in [-0.2, -0.15) is 0 Å². The molecule has 0 radical (unpaired) electrons. The standard InChI is InChI=1S/C13H28N2O3/c1-12(7-14-3)9-17-5-4-6-18-10-13(2)8-15-11-16/h11-14H,4-10H2,1-3H3,(H,15,16). The second-order valence-electron chi connectivity index (χ2n) is 4.80. The van der Waals surface area contributed by atoms with Crippen molar-refractivity contribution in [3.05, 3.63) is 0 Å². The van der Waals surface area contributed by atoms with E-state index in [2.05, 4.69) is 17.6 Å². The van der Waals surface area contributed by atoms with Crippen molar-refractivity contribution in [3.8, 4) is 0 Å². The number of amides is 1. The molecule has 1 amide bonds. The van der Waals surface area contributed by atoms with Crippen molar-refractivity contribution in [1.29, 1.82) is 0 Å². The molecule has 0 aromatic heterocycles. The largest absolute Gasteiger partial charge is 0.381 e. The van der Waals surface area contributed by atoms with E-state index in [1.807, 2.05) is 14.0 Å². The van der Waals surface area contributed by atoms with Gasteiger partial charge in [0, 0.05) is 19.8 Å². The zero-order chi connectivity index (χ0) is 13.6. The molecule has 0 aromatic carbocycles. The summed E-state index contributed by atoms with van der Waals surface area (Å²) in [7, 11) is 1.95. The Morgan fingerprint density at radius 2 is 1.61 bits per heavy atom. The molecule has 0 saturated carbocycles. The van der Waals surface area contributed by atoms with Gasteiger partial charge in [0.15, 0.2) is 0 Å². The third-order valence-electron chi connectivity index (χ3n) is 2.48. The Morgan fingerprint density at radius 3 is 2.11 bits per heavy atom. The van der Waals surface area contributed by atoms with Crippen molar-refractivity contribution < 1.29 is 14.3 Å². The molecule has 5 heteroatoms. The number of ether oxygens (including phenoxy) is 2. The highest BCUT2D eigenvalue weighted by molar-refractivity contribution is 5.45. The lowest BCUT2D eigenvalue weighted by Gasteiger charge is -2.12. The lowest BCUT2D eigenvalue weighted by atomic mass is 10.2. The number of hydrogen-bond donors (Lipinski definition) is 2. The molecule has 0 spiro atoms. The Balaban J connectivity index is 3.18. The van der Waals surface area contributed by atoms with Gasteiger partial charge < -0.3 is 20.1 Å². The van der Waals surface area contributed by atoms with E-state index in [-0.39, 0.29) is 0 Å². The van der Waals surface area contributed by atoms with Gasteiger partial charge in [0.25, 0.3) is 0 Å². The average Bonchev–Trinajstić information content (AvgIpc) is 2.35. The molecule has 2 N–H and O–H groups in total. The number of carbonyl (C=O) groups excluding carboxylic acids is 1. The Kier molecular flexibility index (Phi) is 12.3. The van der Waals surface area contributed by atoms with Crippen molar-refractivity contribution in [1.82, 2.24) is 10.6 Å². The normalized spacial score (nSPS) is 14.2. The number of hydrogen-bond acceptors (Lipinski definition) is 4. The first-order valence-electron chi connectivity index (χ1n) is 6.67. The molecular formula is C13H28N2O3. The van der Waals surface area contributed by atoms with Crippen LogP contribution in [0.15, 0.2) is 0 Å². The summed E-state index contributed by atoms with van der Waals surface area (Å²) in [5.74, 6) is 0.900. The van der Waals surface area contributed by atoms with Crippen LogP contribution in [0, 0.1) is 11.8 Å². The number of carbonyl (C=O) groups is 1. The van der Waals surface area contributed by atoms with Crippen LogP contribution in [-0.2, 0) is 14.3 Å². The minimum atomic E-state index is 0.353. The Bertz CT molecular complexity index is 191. The monoisotopic (exact) mass is 260 g/mol. The molecule has 2 atom stereocenters. The highest BCUT2D eigenvalue weighted by Gasteiger charge is 2.02. The fourth-order valence-corrected chi connectivity index (χ4v) is 1.55. The SMILES string of the molecule is CNCC(C)COCCCOCC(C)CNC=O. The summed E-state index contributed by atoms with van der Waals surface area (Å²) in [5.41, 5.74) is 0. The third-order valence-corrected chi connectivity index (χ3v) is 2.48. The average molecular weight is 260 g/mol. The van der Waals surface area contributed by atoms with Crippen molar-refractivity contribution >= 4 is 6.41 Å². The predicted molar refractivity (Wildman–Crippen MR) is 72.6 cm³/mol. The maximum absolute atomic E-state index is 10.1. The maximum Gasteiger partial charge on any atom is 0.207 e. The van der Waals surface area contributed by atoms with Gasteiger partial charge in [0.1, 0.15) is 0 Å². The molecule has 2 unspecified atom stereocenters. The van der Waals surface area contributed by atoms with E-state index < -0.39 is 0 Å². The Morgan fingerprint density at radius 1 is 1.06 bits per heavy atom. The molecule has 0 bridgehead atoms. The van der Waals surface area contributed by atoms with Crippen LogP contribution in [0.3, 0.4) is 0 Å². The highest BCUT2D eigenvalue weighted by atomic mass is 16.5. The van der Waals surface area contributed by atoms with Gasteiger partial charge in [0.05, 0.1) is 13.2 Å². The Labute approximate surface area is 111 Å². The topological polar surface area (TPSA) is 59.6 Å². The lowest BCUT2D eigenvalue weighted by molar-refractivity contribution is -0.109. The van der Waals surface area contributed by atoms with Crippen LogP contribution in [0.2, 0.25) is 0 Å². The second-order valence-corrected chi connectivity index (χ2v) is 4.80. The van der Waals surface area contributed by atoms with E-state index in [1.54, 1.807) is 0 Å². The molecule has 0 rings (SSSR count). The molecule has 108 valence electrons. The molecule has 5 nitrogen and oxygen atoms in total. The van der Waals surface area contributed by atoms with E-state index in [0.29, 0.717) is 31.6 Å². The summed E-state index contributed by atoms with van der Waals surface area (Å²) in [6.07, 6.45) is 1.64.